The fourth-order valence-corrected chi connectivity index (χ4v) is 17.3. The predicted molar refractivity (Wildman–Crippen MR) is 149 cm³/mol. The normalized spacial score (nSPS) is 44.6. The fraction of sp³-hybridized carbons (Fsp3) is 0.758. The summed E-state index contributed by atoms with van der Waals surface area (Å²) in [5, 5.41) is 0. The lowest BCUT2D eigenvalue weighted by molar-refractivity contribution is 0.133. The van der Waals surface area contributed by atoms with Crippen molar-refractivity contribution in [3.8, 4) is 0 Å². The lowest BCUT2D eigenvalue weighted by Crippen LogP contribution is -2.46. The molecule has 0 radical (unpaired) electrons. The summed E-state index contributed by atoms with van der Waals surface area (Å²) < 4.78 is 0. The highest BCUT2D eigenvalue weighted by molar-refractivity contribution is 6.80. The highest BCUT2D eigenvalue weighted by Gasteiger charge is 2.58. The van der Waals surface area contributed by atoms with Crippen molar-refractivity contribution in [1.82, 2.24) is 0 Å². The minimum atomic E-state index is -1.34. The molecule has 0 spiro atoms. The molecule has 34 heavy (non-hydrogen) atoms. The van der Waals surface area contributed by atoms with Crippen LogP contribution in [0.25, 0.3) is 0 Å². The second-order valence-corrected chi connectivity index (χ2v) is 19.0. The fourth-order valence-electron chi connectivity index (χ4n) is 11.2. The Morgan fingerprint density at radius 2 is 1.47 bits per heavy atom. The van der Waals surface area contributed by atoms with Crippen molar-refractivity contribution < 1.29 is 0 Å². The van der Waals surface area contributed by atoms with E-state index in [0.717, 1.165) is 58.4 Å². The summed E-state index contributed by atoms with van der Waals surface area (Å²) in [6.07, 6.45) is 23.2. The van der Waals surface area contributed by atoms with Crippen LogP contribution in [0.4, 0.5) is 0 Å². The first-order valence-corrected chi connectivity index (χ1v) is 18.4. The Kier molecular flexibility index (Phi) is 6.63. The van der Waals surface area contributed by atoms with Crippen LogP contribution in [0.3, 0.4) is 0 Å². The summed E-state index contributed by atoms with van der Waals surface area (Å²) in [6.45, 7) is 8.48. The van der Waals surface area contributed by atoms with Gasteiger partial charge >= 0.3 is 0 Å². The van der Waals surface area contributed by atoms with Gasteiger partial charge in [-0.25, -0.2) is 0 Å². The van der Waals surface area contributed by atoms with Crippen molar-refractivity contribution >= 4 is 8.07 Å². The quantitative estimate of drug-likeness (QED) is 0.301. The van der Waals surface area contributed by atoms with Gasteiger partial charge in [0.2, 0.25) is 0 Å². The van der Waals surface area contributed by atoms with Gasteiger partial charge in [0, 0.05) is 0 Å². The number of fused-ring (bicyclic) bond motifs is 2. The first-order valence-electron chi connectivity index (χ1n) is 15.3. The topological polar surface area (TPSA) is 0 Å². The second-order valence-electron chi connectivity index (χ2n) is 14.0. The van der Waals surface area contributed by atoms with E-state index in [4.69, 9.17) is 0 Å². The molecular weight excluding hydrogens is 424 g/mol. The standard InChI is InChI=1S/C33H50Si/c1-23-22-31-27(25-14-8-5-9-15-25)17-11-19-30(31)33(23)34(2,3)32-21-20-28-26(16-10-18-29(28)32)24-12-6-4-7-13-24/h4,6-8,12-14,23,25-33H,5,9-11,15-22H2,1-3H3/t23?,25-,26?,27+,28?,29?,30?,31?,32?,33?/m0/s1. The molecule has 5 aliphatic rings. The monoisotopic (exact) mass is 474 g/mol. The molecule has 5 aliphatic carbocycles. The van der Waals surface area contributed by atoms with Gasteiger partial charge in [-0.3, -0.25) is 0 Å². The molecule has 0 aromatic heterocycles. The minimum Gasteiger partial charge on any atom is -0.0882 e. The summed E-state index contributed by atoms with van der Waals surface area (Å²) in [5.41, 5.74) is 3.83. The summed E-state index contributed by atoms with van der Waals surface area (Å²) in [6, 6.07) is 11.6. The molecule has 8 unspecified atom stereocenters. The largest absolute Gasteiger partial charge is 0.0882 e. The van der Waals surface area contributed by atoms with Gasteiger partial charge in [0.05, 0.1) is 8.07 Å². The molecular formula is C33H50Si. The van der Waals surface area contributed by atoms with E-state index in [0.29, 0.717) is 0 Å². The Balaban J connectivity index is 1.23. The Hall–Kier alpha value is -0.823. The van der Waals surface area contributed by atoms with Crippen molar-refractivity contribution in [3.63, 3.8) is 0 Å². The molecule has 0 amide bonds. The van der Waals surface area contributed by atoms with Crippen LogP contribution in [0.2, 0.25) is 24.2 Å². The first-order chi connectivity index (χ1) is 16.6. The Labute approximate surface area is 211 Å². The first kappa shape index (κ1) is 23.6. The zero-order valence-electron chi connectivity index (χ0n) is 22.3. The van der Waals surface area contributed by atoms with Gasteiger partial charge in [0.15, 0.2) is 0 Å². The maximum absolute atomic E-state index is 2.89. The van der Waals surface area contributed by atoms with E-state index in [9.17, 15) is 0 Å². The molecule has 4 fully saturated rings. The molecule has 1 aromatic rings. The summed E-state index contributed by atoms with van der Waals surface area (Å²) in [5.74, 6) is 7.89. The van der Waals surface area contributed by atoms with E-state index in [1.54, 1.807) is 31.2 Å². The third-order valence-corrected chi connectivity index (χ3v) is 17.6. The van der Waals surface area contributed by atoms with E-state index in [1.165, 1.54) is 51.4 Å². The van der Waals surface area contributed by atoms with Crippen LogP contribution in [0, 0.1) is 41.4 Å². The molecule has 4 saturated carbocycles. The summed E-state index contributed by atoms with van der Waals surface area (Å²) in [7, 11) is -1.34. The maximum atomic E-state index is 2.89. The Morgan fingerprint density at radius 1 is 0.706 bits per heavy atom. The number of rotatable bonds is 4. The van der Waals surface area contributed by atoms with E-state index in [-0.39, 0.29) is 0 Å². The minimum absolute atomic E-state index is 0.848. The zero-order chi connectivity index (χ0) is 23.3. The highest BCUT2D eigenvalue weighted by atomic mass is 28.3. The van der Waals surface area contributed by atoms with E-state index >= 15 is 0 Å². The van der Waals surface area contributed by atoms with Crippen LogP contribution in [-0.4, -0.2) is 8.07 Å². The van der Waals surface area contributed by atoms with Crippen molar-refractivity contribution in [1.29, 1.82) is 0 Å². The predicted octanol–water partition coefficient (Wildman–Crippen LogP) is 9.86. The van der Waals surface area contributed by atoms with Crippen LogP contribution in [0.5, 0.6) is 0 Å². The molecule has 0 heterocycles. The zero-order valence-corrected chi connectivity index (χ0v) is 23.3. The van der Waals surface area contributed by atoms with Crippen molar-refractivity contribution in [3.05, 3.63) is 48.0 Å². The van der Waals surface area contributed by atoms with Gasteiger partial charge in [-0.15, -0.1) is 0 Å². The molecule has 10 atom stereocenters. The van der Waals surface area contributed by atoms with Crippen molar-refractivity contribution in [2.75, 3.05) is 0 Å². The van der Waals surface area contributed by atoms with Crippen LogP contribution < -0.4 is 0 Å². The number of allylic oxidation sites excluding steroid dienone is 2. The Morgan fingerprint density at radius 3 is 2.26 bits per heavy atom. The van der Waals surface area contributed by atoms with Gasteiger partial charge in [-0.05, 0) is 109 Å². The summed E-state index contributed by atoms with van der Waals surface area (Å²) >= 11 is 0. The molecule has 0 aliphatic heterocycles. The Bertz CT molecular complexity index is 855. The SMILES string of the molecule is CC1CC2C(CCC[C@@H]2[C@H]2C=CCCC2)C1[Si](C)(C)C1CCC2C(c3ccccc3)CCCC21. The lowest BCUT2D eigenvalue weighted by atomic mass is 9.66. The number of benzene rings is 1. The van der Waals surface area contributed by atoms with E-state index < -0.39 is 8.07 Å². The number of hydrogen-bond donors (Lipinski definition) is 0. The van der Waals surface area contributed by atoms with Crippen LogP contribution in [0.15, 0.2) is 42.5 Å². The highest BCUT2D eigenvalue weighted by Crippen LogP contribution is 2.65. The summed E-state index contributed by atoms with van der Waals surface area (Å²) in [4.78, 5) is 0. The molecule has 0 saturated heterocycles. The third-order valence-electron chi connectivity index (χ3n) is 12.2. The third kappa shape index (κ3) is 4.01. The van der Waals surface area contributed by atoms with E-state index in [2.05, 4.69) is 62.5 Å². The average molecular weight is 475 g/mol. The van der Waals surface area contributed by atoms with Gasteiger partial charge in [0.25, 0.3) is 0 Å². The van der Waals surface area contributed by atoms with Crippen molar-refractivity contribution in [2.45, 2.75) is 114 Å². The van der Waals surface area contributed by atoms with Crippen LogP contribution in [0.1, 0.15) is 95.5 Å². The molecule has 0 bridgehead atoms. The molecule has 0 N–H and O–H groups in total. The molecule has 186 valence electrons. The average Bonchev–Trinajstić information content (AvgIpc) is 3.46. The van der Waals surface area contributed by atoms with Crippen molar-refractivity contribution in [2.24, 2.45) is 41.4 Å². The lowest BCUT2D eigenvalue weighted by Gasteiger charge is -2.48. The molecule has 1 heteroatoms. The number of hydrogen-bond acceptors (Lipinski definition) is 0. The van der Waals surface area contributed by atoms with Gasteiger partial charge in [-0.1, -0.05) is 94.6 Å². The van der Waals surface area contributed by atoms with Crippen LogP contribution in [-0.2, 0) is 0 Å². The maximum Gasteiger partial charge on any atom is 0.0544 e. The van der Waals surface area contributed by atoms with Gasteiger partial charge in [-0.2, -0.15) is 0 Å². The smallest absolute Gasteiger partial charge is 0.0544 e. The van der Waals surface area contributed by atoms with Gasteiger partial charge in [0.1, 0.15) is 0 Å². The second kappa shape index (κ2) is 9.57. The van der Waals surface area contributed by atoms with Crippen LogP contribution >= 0.6 is 0 Å². The molecule has 0 nitrogen and oxygen atoms in total. The van der Waals surface area contributed by atoms with Gasteiger partial charge < -0.3 is 0 Å². The molecule has 1 aromatic carbocycles. The van der Waals surface area contributed by atoms with E-state index in [1.807, 2.05) is 0 Å². The molecule has 6 rings (SSSR count).